The molecule has 3 rings (SSSR count). The number of para-hydroxylation sites is 1. The van der Waals surface area contributed by atoms with Crippen LogP contribution in [0, 0.1) is 0 Å². The van der Waals surface area contributed by atoms with Crippen LogP contribution in [0.2, 0.25) is 0 Å². The Balaban J connectivity index is 1.80. The smallest absolute Gasteiger partial charge is 0.349 e. The van der Waals surface area contributed by atoms with Gasteiger partial charge in [-0.05, 0) is 48.6 Å². The summed E-state index contributed by atoms with van der Waals surface area (Å²) >= 11 is 1.62. The molecule has 24 heavy (non-hydrogen) atoms. The highest BCUT2D eigenvalue weighted by Gasteiger charge is 2.18. The van der Waals surface area contributed by atoms with E-state index in [9.17, 15) is 9.59 Å². The monoisotopic (exact) mass is 342 g/mol. The summed E-state index contributed by atoms with van der Waals surface area (Å²) in [6, 6.07) is 10.8. The maximum Gasteiger partial charge on any atom is 0.349 e. The number of thiophene rings is 1. The number of benzene rings is 1. The van der Waals surface area contributed by atoms with E-state index in [0.29, 0.717) is 12.1 Å². The zero-order chi connectivity index (χ0) is 17.1. The Labute approximate surface area is 143 Å². The molecule has 2 heterocycles. The van der Waals surface area contributed by atoms with Crippen LogP contribution in [0.15, 0.2) is 56.4 Å². The topological polar surface area (TPSA) is 62.6 Å². The van der Waals surface area contributed by atoms with Crippen molar-refractivity contribution in [3.05, 3.63) is 68.7 Å². The summed E-state index contributed by atoms with van der Waals surface area (Å²) in [4.78, 5) is 26.5. The van der Waals surface area contributed by atoms with Crippen LogP contribution in [-0.4, -0.2) is 31.4 Å². The summed E-state index contributed by atoms with van der Waals surface area (Å²) in [6.07, 6.45) is 0. The first-order chi connectivity index (χ1) is 11.6. The molecule has 5 nitrogen and oxygen atoms in total. The molecule has 1 atom stereocenters. The van der Waals surface area contributed by atoms with Gasteiger partial charge < -0.3 is 14.6 Å². The summed E-state index contributed by atoms with van der Waals surface area (Å²) in [6.45, 7) is 0.412. The van der Waals surface area contributed by atoms with Crippen LogP contribution in [0.5, 0.6) is 0 Å². The second-order valence-corrected chi connectivity index (χ2v) is 6.51. The first-order valence-electron chi connectivity index (χ1n) is 7.56. The fourth-order valence-electron chi connectivity index (χ4n) is 2.57. The van der Waals surface area contributed by atoms with Crippen molar-refractivity contribution in [3.8, 4) is 0 Å². The molecular weight excluding hydrogens is 324 g/mol. The Morgan fingerprint density at radius 3 is 2.79 bits per heavy atom. The van der Waals surface area contributed by atoms with E-state index in [2.05, 4.69) is 10.7 Å². The Bertz CT molecular complexity index is 900. The number of fused-ring (bicyclic) bond motifs is 1. The van der Waals surface area contributed by atoms with E-state index in [1.807, 2.05) is 42.6 Å². The van der Waals surface area contributed by atoms with Crippen molar-refractivity contribution in [1.82, 2.24) is 10.2 Å². The third kappa shape index (κ3) is 3.39. The molecule has 0 spiro atoms. The third-order valence-corrected chi connectivity index (χ3v) is 4.59. The first kappa shape index (κ1) is 16.4. The SMILES string of the molecule is CN(C)[C@H](CNC(=O)c1cc2ccccc2oc1=O)c1ccsc1. The van der Waals surface area contributed by atoms with Crippen LogP contribution in [0.3, 0.4) is 0 Å². The number of rotatable bonds is 5. The average Bonchev–Trinajstić information content (AvgIpc) is 3.08. The number of nitrogens with zero attached hydrogens (tertiary/aromatic N) is 1. The fraction of sp³-hybridized carbons (Fsp3) is 0.222. The number of amides is 1. The predicted molar refractivity (Wildman–Crippen MR) is 95.6 cm³/mol. The predicted octanol–water partition coefficient (Wildman–Crippen LogP) is 2.89. The molecule has 0 bridgehead atoms. The number of nitrogens with one attached hydrogen (secondary N) is 1. The Morgan fingerprint density at radius 2 is 2.08 bits per heavy atom. The number of hydrogen-bond donors (Lipinski definition) is 1. The summed E-state index contributed by atoms with van der Waals surface area (Å²) in [5.74, 6) is -0.420. The molecular formula is C18H18N2O3S. The largest absolute Gasteiger partial charge is 0.422 e. The minimum atomic E-state index is -0.622. The van der Waals surface area contributed by atoms with Crippen molar-refractivity contribution in [2.45, 2.75) is 6.04 Å². The van der Waals surface area contributed by atoms with Crippen molar-refractivity contribution in [2.75, 3.05) is 20.6 Å². The van der Waals surface area contributed by atoms with Crippen LogP contribution < -0.4 is 10.9 Å². The van der Waals surface area contributed by atoms with Crippen molar-refractivity contribution < 1.29 is 9.21 Å². The van der Waals surface area contributed by atoms with E-state index < -0.39 is 11.5 Å². The average molecular weight is 342 g/mol. The maximum absolute atomic E-state index is 12.4. The minimum Gasteiger partial charge on any atom is -0.422 e. The molecule has 0 aliphatic rings. The number of hydrogen-bond acceptors (Lipinski definition) is 5. The number of likely N-dealkylation sites (N-methyl/N-ethyl adjacent to an activating group) is 1. The zero-order valence-corrected chi connectivity index (χ0v) is 14.3. The van der Waals surface area contributed by atoms with Gasteiger partial charge in [0.2, 0.25) is 0 Å². The molecule has 0 radical (unpaired) electrons. The number of carbonyl (C=O) groups is 1. The molecule has 0 aliphatic carbocycles. The fourth-order valence-corrected chi connectivity index (χ4v) is 3.28. The van der Waals surface area contributed by atoms with Crippen LogP contribution in [0.1, 0.15) is 22.0 Å². The Hall–Kier alpha value is -2.44. The highest BCUT2D eigenvalue weighted by atomic mass is 32.1. The molecule has 1 amide bonds. The summed E-state index contributed by atoms with van der Waals surface area (Å²) in [7, 11) is 3.91. The Kier molecular flexibility index (Phi) is 4.78. The van der Waals surface area contributed by atoms with E-state index >= 15 is 0 Å². The van der Waals surface area contributed by atoms with Gasteiger partial charge in [0.15, 0.2) is 0 Å². The van der Waals surface area contributed by atoms with Crippen molar-refractivity contribution in [3.63, 3.8) is 0 Å². The highest BCUT2D eigenvalue weighted by molar-refractivity contribution is 7.07. The van der Waals surface area contributed by atoms with E-state index in [1.54, 1.807) is 29.5 Å². The second-order valence-electron chi connectivity index (χ2n) is 5.73. The molecule has 0 saturated carbocycles. The first-order valence-corrected chi connectivity index (χ1v) is 8.50. The lowest BCUT2D eigenvalue weighted by molar-refractivity contribution is 0.0938. The Morgan fingerprint density at radius 1 is 1.29 bits per heavy atom. The van der Waals surface area contributed by atoms with Gasteiger partial charge in [-0.2, -0.15) is 11.3 Å². The molecule has 6 heteroatoms. The van der Waals surface area contributed by atoms with Gasteiger partial charge in [-0.25, -0.2) is 4.79 Å². The van der Waals surface area contributed by atoms with Gasteiger partial charge in [-0.1, -0.05) is 18.2 Å². The summed E-state index contributed by atoms with van der Waals surface area (Å²) in [5.41, 5.74) is 1.01. The van der Waals surface area contributed by atoms with Crippen molar-refractivity contribution >= 4 is 28.2 Å². The summed E-state index contributed by atoms with van der Waals surface area (Å²) in [5, 5.41) is 7.63. The lowest BCUT2D eigenvalue weighted by Crippen LogP contribution is -2.36. The minimum absolute atomic E-state index is 0.0246. The molecule has 3 aromatic rings. The van der Waals surface area contributed by atoms with Gasteiger partial charge in [-0.15, -0.1) is 0 Å². The van der Waals surface area contributed by atoms with Gasteiger partial charge in [0, 0.05) is 11.9 Å². The lowest BCUT2D eigenvalue weighted by atomic mass is 10.1. The molecule has 124 valence electrons. The van der Waals surface area contributed by atoms with Crippen LogP contribution in [0.4, 0.5) is 0 Å². The molecule has 2 aromatic heterocycles. The van der Waals surface area contributed by atoms with Crippen molar-refractivity contribution in [1.29, 1.82) is 0 Å². The molecule has 0 unspecified atom stereocenters. The maximum atomic E-state index is 12.4. The normalized spacial score (nSPS) is 12.5. The molecule has 0 fully saturated rings. The van der Waals surface area contributed by atoms with Crippen LogP contribution in [-0.2, 0) is 0 Å². The van der Waals surface area contributed by atoms with Gasteiger partial charge in [0.25, 0.3) is 5.91 Å². The van der Waals surface area contributed by atoms with Gasteiger partial charge in [0.05, 0.1) is 6.04 Å². The van der Waals surface area contributed by atoms with Crippen LogP contribution >= 0.6 is 11.3 Å². The van der Waals surface area contributed by atoms with Crippen LogP contribution in [0.25, 0.3) is 11.0 Å². The van der Waals surface area contributed by atoms with E-state index in [0.717, 1.165) is 10.9 Å². The summed E-state index contributed by atoms with van der Waals surface area (Å²) < 4.78 is 5.22. The van der Waals surface area contributed by atoms with Gasteiger partial charge in [-0.3, -0.25) is 4.79 Å². The number of carbonyl (C=O) groups excluding carboxylic acids is 1. The second kappa shape index (κ2) is 6.98. The van der Waals surface area contributed by atoms with E-state index in [-0.39, 0.29) is 11.6 Å². The molecule has 1 aromatic carbocycles. The third-order valence-electron chi connectivity index (χ3n) is 3.89. The quantitative estimate of drug-likeness (QED) is 0.724. The van der Waals surface area contributed by atoms with Gasteiger partial charge >= 0.3 is 5.63 Å². The van der Waals surface area contributed by atoms with Gasteiger partial charge in [0.1, 0.15) is 11.1 Å². The van der Waals surface area contributed by atoms with Crippen molar-refractivity contribution in [2.24, 2.45) is 0 Å². The molecule has 0 aliphatic heterocycles. The molecule has 0 saturated heterocycles. The lowest BCUT2D eigenvalue weighted by Gasteiger charge is -2.23. The van der Waals surface area contributed by atoms with E-state index in [4.69, 9.17) is 4.42 Å². The standard InChI is InChI=1S/C18H18N2O3S/c1-20(2)15(13-7-8-24-11-13)10-19-17(21)14-9-12-5-3-4-6-16(12)23-18(14)22/h3-9,11,15H,10H2,1-2H3,(H,19,21)/t15-/m1/s1. The zero-order valence-electron chi connectivity index (χ0n) is 13.5. The van der Waals surface area contributed by atoms with E-state index in [1.165, 1.54) is 0 Å². The molecule has 1 N–H and O–H groups in total. The highest BCUT2D eigenvalue weighted by Crippen LogP contribution is 2.20.